The zero-order valence-electron chi connectivity index (χ0n) is 12.3. The van der Waals surface area contributed by atoms with Crippen molar-refractivity contribution < 1.29 is 4.79 Å². The fourth-order valence-corrected chi connectivity index (χ4v) is 4.05. The number of nitrogens with zero attached hydrogens (tertiary/aromatic N) is 2. The van der Waals surface area contributed by atoms with Crippen molar-refractivity contribution in [1.29, 1.82) is 5.26 Å². The van der Waals surface area contributed by atoms with Crippen molar-refractivity contribution in [3.63, 3.8) is 0 Å². The van der Waals surface area contributed by atoms with Crippen molar-refractivity contribution in [1.82, 2.24) is 9.88 Å². The highest BCUT2D eigenvalue weighted by atomic mass is 32.2. The number of carbonyl (C=O) groups is 1. The number of nitrogens with one attached hydrogen (secondary N) is 1. The molecule has 4 nitrogen and oxygen atoms in total. The van der Waals surface area contributed by atoms with Crippen molar-refractivity contribution in [3.05, 3.63) is 59.4 Å². The van der Waals surface area contributed by atoms with E-state index in [0.29, 0.717) is 23.1 Å². The van der Waals surface area contributed by atoms with E-state index in [1.54, 1.807) is 12.3 Å². The summed E-state index contributed by atoms with van der Waals surface area (Å²) in [5, 5.41) is 9.26. The highest BCUT2D eigenvalue weighted by Gasteiger charge is 2.34. The maximum atomic E-state index is 12.8. The van der Waals surface area contributed by atoms with E-state index in [4.69, 9.17) is 5.26 Å². The van der Waals surface area contributed by atoms with Crippen LogP contribution >= 0.6 is 11.8 Å². The lowest BCUT2D eigenvalue weighted by Gasteiger charge is -2.39. The molecule has 2 atom stereocenters. The molecule has 0 aliphatic carbocycles. The van der Waals surface area contributed by atoms with Crippen LogP contribution in [0.3, 0.4) is 0 Å². The van der Waals surface area contributed by atoms with E-state index < -0.39 is 0 Å². The minimum absolute atomic E-state index is 0.0393. The van der Waals surface area contributed by atoms with E-state index in [0.717, 1.165) is 11.3 Å². The molecule has 0 radical (unpaired) electrons. The molecule has 1 aromatic carbocycles. The van der Waals surface area contributed by atoms with Crippen LogP contribution in [-0.4, -0.2) is 33.3 Å². The van der Waals surface area contributed by atoms with Crippen molar-refractivity contribution >= 4 is 17.7 Å². The largest absolute Gasteiger partial charge is 0.356 e. The summed E-state index contributed by atoms with van der Waals surface area (Å²) in [4.78, 5) is 17.7. The van der Waals surface area contributed by atoms with Crippen molar-refractivity contribution in [2.24, 2.45) is 0 Å². The third kappa shape index (κ3) is 2.75. The van der Waals surface area contributed by atoms with Gasteiger partial charge in [0.25, 0.3) is 5.91 Å². The fraction of sp³-hybridized carbons (Fsp3) is 0.294. The highest BCUT2D eigenvalue weighted by molar-refractivity contribution is 8.00. The molecular weight excluding hydrogens is 294 g/mol. The summed E-state index contributed by atoms with van der Waals surface area (Å²) >= 11 is 1.89. The Kier molecular flexibility index (Phi) is 4.21. The topological polar surface area (TPSA) is 59.9 Å². The van der Waals surface area contributed by atoms with Gasteiger partial charge < -0.3 is 9.88 Å². The number of thioether (sulfide) groups is 1. The Morgan fingerprint density at radius 2 is 2.18 bits per heavy atom. The van der Waals surface area contributed by atoms with Crippen LogP contribution in [0.25, 0.3) is 0 Å². The average molecular weight is 311 g/mol. The lowest BCUT2D eigenvalue weighted by molar-refractivity contribution is 0.0675. The monoisotopic (exact) mass is 311 g/mol. The summed E-state index contributed by atoms with van der Waals surface area (Å²) in [6.45, 7) is 2.88. The van der Waals surface area contributed by atoms with Gasteiger partial charge in [-0.2, -0.15) is 17.0 Å². The number of H-pyrrole nitrogens is 1. The number of nitriles is 1. The van der Waals surface area contributed by atoms with Crippen molar-refractivity contribution in [2.75, 3.05) is 12.3 Å². The number of amides is 1. The predicted molar refractivity (Wildman–Crippen MR) is 87.6 cm³/mol. The molecule has 2 aromatic rings. The maximum absolute atomic E-state index is 12.8. The van der Waals surface area contributed by atoms with Gasteiger partial charge in [-0.1, -0.05) is 37.3 Å². The molecular formula is C17H17N3OS. The number of carbonyl (C=O) groups excluding carboxylic acids is 1. The first-order valence-electron chi connectivity index (χ1n) is 7.26. The van der Waals surface area contributed by atoms with Crippen molar-refractivity contribution in [2.45, 2.75) is 18.2 Å². The molecule has 0 bridgehead atoms. The smallest absolute Gasteiger partial charge is 0.270 e. The van der Waals surface area contributed by atoms with Gasteiger partial charge in [-0.25, -0.2) is 0 Å². The van der Waals surface area contributed by atoms with E-state index in [1.807, 2.05) is 34.9 Å². The van der Waals surface area contributed by atoms with Crippen LogP contribution < -0.4 is 0 Å². The molecule has 0 saturated carbocycles. The van der Waals surface area contributed by atoms with Crippen LogP contribution in [0.4, 0.5) is 0 Å². The zero-order valence-corrected chi connectivity index (χ0v) is 13.1. The maximum Gasteiger partial charge on any atom is 0.270 e. The highest BCUT2D eigenvalue weighted by Crippen LogP contribution is 2.36. The standard InChI is InChI=1S/C17H17N3OS/c1-12-16(14-5-3-2-4-6-14)20(7-8-22-12)17(21)15-9-13(10-18)11-19-15/h2-6,9,11-12,16,19H,7-8H2,1H3. The zero-order chi connectivity index (χ0) is 15.5. The molecule has 1 fully saturated rings. The van der Waals surface area contributed by atoms with E-state index >= 15 is 0 Å². The van der Waals surface area contributed by atoms with Crippen LogP contribution in [0.15, 0.2) is 42.6 Å². The molecule has 1 amide bonds. The van der Waals surface area contributed by atoms with Crippen LogP contribution in [0.5, 0.6) is 0 Å². The third-order valence-electron chi connectivity index (χ3n) is 3.94. The number of benzene rings is 1. The van der Waals surface area contributed by atoms with Gasteiger partial charge in [0.2, 0.25) is 0 Å². The number of rotatable bonds is 2. The molecule has 1 aliphatic rings. The van der Waals surface area contributed by atoms with Gasteiger partial charge in [-0.15, -0.1) is 0 Å². The van der Waals surface area contributed by atoms with E-state index in [9.17, 15) is 4.79 Å². The summed E-state index contributed by atoms with van der Waals surface area (Å²) in [6, 6.07) is 13.9. The van der Waals surface area contributed by atoms with Crippen LogP contribution in [-0.2, 0) is 0 Å². The first-order valence-corrected chi connectivity index (χ1v) is 8.31. The molecule has 112 valence electrons. The number of hydrogen-bond acceptors (Lipinski definition) is 3. The summed E-state index contributed by atoms with van der Waals surface area (Å²) in [5.74, 6) is 0.893. The van der Waals surface area contributed by atoms with E-state index in [2.05, 4.69) is 30.1 Å². The number of hydrogen-bond donors (Lipinski definition) is 1. The Morgan fingerprint density at radius 3 is 2.86 bits per heavy atom. The number of aromatic amines is 1. The third-order valence-corrected chi connectivity index (χ3v) is 5.14. The van der Waals surface area contributed by atoms with Crippen molar-refractivity contribution in [3.8, 4) is 6.07 Å². The second kappa shape index (κ2) is 6.29. The van der Waals surface area contributed by atoms with E-state index in [-0.39, 0.29) is 11.9 Å². The molecule has 2 heterocycles. The second-order valence-electron chi connectivity index (χ2n) is 5.34. The van der Waals surface area contributed by atoms with Gasteiger partial charge in [0.05, 0.1) is 11.6 Å². The Balaban J connectivity index is 1.92. The molecule has 2 unspecified atom stereocenters. The van der Waals surface area contributed by atoms with Crippen LogP contribution in [0.2, 0.25) is 0 Å². The van der Waals surface area contributed by atoms with Gasteiger partial charge in [-0.05, 0) is 11.6 Å². The summed E-state index contributed by atoms with van der Waals surface area (Å²) < 4.78 is 0. The predicted octanol–water partition coefficient (Wildman–Crippen LogP) is 3.21. The van der Waals surface area contributed by atoms with Gasteiger partial charge >= 0.3 is 0 Å². The summed E-state index contributed by atoms with van der Waals surface area (Å²) in [5.41, 5.74) is 2.12. The molecule has 22 heavy (non-hydrogen) atoms. The summed E-state index contributed by atoms with van der Waals surface area (Å²) in [6.07, 6.45) is 1.58. The Morgan fingerprint density at radius 1 is 1.41 bits per heavy atom. The quantitative estimate of drug-likeness (QED) is 0.926. The molecule has 1 saturated heterocycles. The lowest BCUT2D eigenvalue weighted by Crippen LogP contribution is -2.44. The van der Waals surface area contributed by atoms with Crippen LogP contribution in [0, 0.1) is 11.3 Å². The first kappa shape index (κ1) is 14.7. The SMILES string of the molecule is CC1SCCN(C(=O)c2cc(C#N)c[nH]2)C1c1ccccc1. The molecule has 1 aromatic heterocycles. The normalized spacial score (nSPS) is 21.4. The Hall–Kier alpha value is -2.19. The lowest BCUT2D eigenvalue weighted by atomic mass is 10.0. The minimum Gasteiger partial charge on any atom is -0.356 e. The first-order chi connectivity index (χ1) is 10.7. The van der Waals surface area contributed by atoms with Gasteiger partial charge in [-0.3, -0.25) is 4.79 Å². The average Bonchev–Trinajstić information content (AvgIpc) is 3.04. The van der Waals surface area contributed by atoms with Gasteiger partial charge in [0, 0.05) is 23.7 Å². The molecule has 1 N–H and O–H groups in total. The second-order valence-corrected chi connectivity index (χ2v) is 6.83. The number of aromatic nitrogens is 1. The van der Waals surface area contributed by atoms with Gasteiger partial charge in [0.1, 0.15) is 11.8 Å². The molecule has 1 aliphatic heterocycles. The molecule has 0 spiro atoms. The fourth-order valence-electron chi connectivity index (χ4n) is 2.89. The molecule has 3 rings (SSSR count). The summed E-state index contributed by atoms with van der Waals surface area (Å²) in [7, 11) is 0. The molecule has 5 heteroatoms. The Labute approximate surface area is 134 Å². The van der Waals surface area contributed by atoms with E-state index in [1.165, 1.54) is 0 Å². The van der Waals surface area contributed by atoms with Crippen LogP contribution in [0.1, 0.15) is 34.6 Å². The minimum atomic E-state index is -0.0393. The Bertz CT molecular complexity index is 704. The van der Waals surface area contributed by atoms with Gasteiger partial charge in [0.15, 0.2) is 0 Å².